The van der Waals surface area contributed by atoms with Gasteiger partial charge in [-0.3, -0.25) is 0 Å². The number of aromatic nitrogens is 1. The van der Waals surface area contributed by atoms with Gasteiger partial charge in [-0.05, 0) is 25.3 Å². The van der Waals surface area contributed by atoms with Crippen molar-refractivity contribution in [2.75, 3.05) is 6.54 Å². The summed E-state index contributed by atoms with van der Waals surface area (Å²) in [4.78, 5) is 4.32. The second-order valence-corrected chi connectivity index (χ2v) is 5.33. The molecule has 0 spiro atoms. The third-order valence-corrected chi connectivity index (χ3v) is 3.28. The van der Waals surface area contributed by atoms with Crippen LogP contribution >= 0.6 is 11.3 Å². The second kappa shape index (κ2) is 6.96. The van der Waals surface area contributed by atoms with Crippen LogP contribution in [0.2, 0.25) is 0 Å². The normalized spacial score (nSPS) is 13.3. The highest BCUT2D eigenvalue weighted by Crippen LogP contribution is 2.13. The van der Waals surface area contributed by atoms with Gasteiger partial charge in [-0.1, -0.05) is 20.8 Å². The number of aryl methyl sites for hydroxylation is 1. The van der Waals surface area contributed by atoms with E-state index < -0.39 is 0 Å². The Morgan fingerprint density at radius 3 is 2.80 bits per heavy atom. The fourth-order valence-electron chi connectivity index (χ4n) is 1.84. The quantitative estimate of drug-likeness (QED) is 0.773. The first-order chi connectivity index (χ1) is 7.22. The molecule has 1 unspecified atom stereocenters. The minimum absolute atomic E-state index is 0.652. The smallest absolute Gasteiger partial charge is 0.0925 e. The first kappa shape index (κ1) is 12.7. The summed E-state index contributed by atoms with van der Waals surface area (Å²) in [6.45, 7) is 7.81. The Morgan fingerprint density at radius 2 is 2.27 bits per heavy atom. The predicted molar refractivity (Wildman–Crippen MR) is 67.4 cm³/mol. The molecule has 86 valence electrons. The first-order valence-electron chi connectivity index (χ1n) is 5.84. The van der Waals surface area contributed by atoms with E-state index in [1.54, 1.807) is 11.3 Å². The molecule has 0 aliphatic heterocycles. The Labute approximate surface area is 97.1 Å². The lowest BCUT2D eigenvalue weighted by molar-refractivity contribution is 0.405. The van der Waals surface area contributed by atoms with Crippen LogP contribution in [0.3, 0.4) is 0 Å². The van der Waals surface area contributed by atoms with Gasteiger partial charge >= 0.3 is 0 Å². The van der Waals surface area contributed by atoms with Crippen molar-refractivity contribution < 1.29 is 0 Å². The fourth-order valence-corrected chi connectivity index (χ4v) is 2.47. The number of rotatable bonds is 7. The maximum absolute atomic E-state index is 4.32. The lowest BCUT2D eigenvalue weighted by Gasteiger charge is -2.19. The molecule has 1 heterocycles. The molecule has 0 amide bonds. The van der Waals surface area contributed by atoms with E-state index in [-0.39, 0.29) is 0 Å². The third kappa shape index (κ3) is 5.28. The second-order valence-electron chi connectivity index (χ2n) is 4.35. The number of nitrogens with one attached hydrogen (secondary N) is 1. The van der Waals surface area contributed by atoms with Gasteiger partial charge in [-0.15, -0.1) is 11.3 Å². The molecule has 0 radical (unpaired) electrons. The standard InChI is InChI=1S/C12H22N2S/c1-4-13-11(9-10(2)3)5-6-12-14-7-8-15-12/h7-8,10-11,13H,4-6,9H2,1-3H3. The highest BCUT2D eigenvalue weighted by atomic mass is 32.1. The fraction of sp³-hybridized carbons (Fsp3) is 0.750. The van der Waals surface area contributed by atoms with Crippen LogP contribution in [-0.2, 0) is 6.42 Å². The van der Waals surface area contributed by atoms with E-state index in [1.807, 2.05) is 6.20 Å². The summed E-state index contributed by atoms with van der Waals surface area (Å²) in [5, 5.41) is 6.87. The molecule has 0 bridgehead atoms. The summed E-state index contributed by atoms with van der Waals surface area (Å²) in [5.41, 5.74) is 0. The van der Waals surface area contributed by atoms with E-state index in [2.05, 4.69) is 36.5 Å². The van der Waals surface area contributed by atoms with Crippen molar-refractivity contribution in [3.8, 4) is 0 Å². The van der Waals surface area contributed by atoms with Gasteiger partial charge in [0.15, 0.2) is 0 Å². The molecule has 0 aliphatic carbocycles. The highest BCUT2D eigenvalue weighted by molar-refractivity contribution is 7.09. The third-order valence-electron chi connectivity index (χ3n) is 2.44. The molecule has 0 fully saturated rings. The molecule has 2 nitrogen and oxygen atoms in total. The Balaban J connectivity index is 2.30. The number of hydrogen-bond donors (Lipinski definition) is 1. The predicted octanol–water partition coefficient (Wildman–Crippen LogP) is 3.10. The summed E-state index contributed by atoms with van der Waals surface area (Å²) in [6.07, 6.45) is 5.48. The molecular weight excluding hydrogens is 204 g/mol. The van der Waals surface area contributed by atoms with Crippen molar-refractivity contribution in [2.24, 2.45) is 5.92 Å². The SMILES string of the molecule is CCNC(CCc1nccs1)CC(C)C. The van der Waals surface area contributed by atoms with Crippen LogP contribution in [0.25, 0.3) is 0 Å². The van der Waals surface area contributed by atoms with Crippen molar-refractivity contribution in [2.45, 2.75) is 46.1 Å². The minimum atomic E-state index is 0.652. The molecule has 1 atom stereocenters. The van der Waals surface area contributed by atoms with Crippen molar-refractivity contribution >= 4 is 11.3 Å². The topological polar surface area (TPSA) is 24.9 Å². The first-order valence-corrected chi connectivity index (χ1v) is 6.72. The summed E-state index contributed by atoms with van der Waals surface area (Å²) >= 11 is 1.76. The van der Waals surface area contributed by atoms with Crippen LogP contribution < -0.4 is 5.32 Å². The van der Waals surface area contributed by atoms with E-state index in [4.69, 9.17) is 0 Å². The molecule has 3 heteroatoms. The van der Waals surface area contributed by atoms with Crippen LogP contribution in [-0.4, -0.2) is 17.6 Å². The summed E-state index contributed by atoms with van der Waals surface area (Å²) in [5.74, 6) is 0.769. The van der Waals surface area contributed by atoms with E-state index in [0.29, 0.717) is 6.04 Å². The molecule has 1 aromatic heterocycles. The van der Waals surface area contributed by atoms with E-state index in [9.17, 15) is 0 Å². The largest absolute Gasteiger partial charge is 0.314 e. The maximum atomic E-state index is 4.32. The molecule has 1 aromatic rings. The number of nitrogens with zero attached hydrogens (tertiary/aromatic N) is 1. The molecule has 1 N–H and O–H groups in total. The zero-order valence-corrected chi connectivity index (χ0v) is 10.8. The van der Waals surface area contributed by atoms with E-state index in [1.165, 1.54) is 17.8 Å². The van der Waals surface area contributed by atoms with Crippen molar-refractivity contribution in [1.82, 2.24) is 10.3 Å². The Hall–Kier alpha value is -0.410. The van der Waals surface area contributed by atoms with Crippen LogP contribution in [0.15, 0.2) is 11.6 Å². The van der Waals surface area contributed by atoms with Gasteiger partial charge in [0.1, 0.15) is 0 Å². The van der Waals surface area contributed by atoms with Crippen LogP contribution in [0.4, 0.5) is 0 Å². The molecule has 15 heavy (non-hydrogen) atoms. The molecule has 0 saturated heterocycles. The average molecular weight is 226 g/mol. The minimum Gasteiger partial charge on any atom is -0.314 e. The van der Waals surface area contributed by atoms with Crippen molar-refractivity contribution in [1.29, 1.82) is 0 Å². The number of thiazole rings is 1. The summed E-state index contributed by atoms with van der Waals surface area (Å²) in [7, 11) is 0. The monoisotopic (exact) mass is 226 g/mol. The zero-order valence-electron chi connectivity index (χ0n) is 9.99. The summed E-state index contributed by atoms with van der Waals surface area (Å²) < 4.78 is 0. The average Bonchev–Trinajstić information content (AvgIpc) is 2.66. The Kier molecular flexibility index (Phi) is 5.88. The van der Waals surface area contributed by atoms with Crippen LogP contribution in [0.5, 0.6) is 0 Å². The molecule has 0 aliphatic rings. The number of hydrogen-bond acceptors (Lipinski definition) is 3. The van der Waals surface area contributed by atoms with Gasteiger partial charge in [0.05, 0.1) is 5.01 Å². The van der Waals surface area contributed by atoms with Gasteiger partial charge in [-0.25, -0.2) is 4.98 Å². The van der Waals surface area contributed by atoms with Gasteiger partial charge in [0.25, 0.3) is 0 Å². The Morgan fingerprint density at radius 1 is 1.47 bits per heavy atom. The van der Waals surface area contributed by atoms with E-state index in [0.717, 1.165) is 18.9 Å². The van der Waals surface area contributed by atoms with Gasteiger partial charge in [0, 0.05) is 24.0 Å². The van der Waals surface area contributed by atoms with Gasteiger partial charge < -0.3 is 5.32 Å². The molecule has 0 aromatic carbocycles. The lowest BCUT2D eigenvalue weighted by atomic mass is 10.00. The maximum Gasteiger partial charge on any atom is 0.0925 e. The van der Waals surface area contributed by atoms with Crippen LogP contribution in [0.1, 0.15) is 38.6 Å². The molecular formula is C12H22N2S. The highest BCUT2D eigenvalue weighted by Gasteiger charge is 2.10. The van der Waals surface area contributed by atoms with Crippen molar-refractivity contribution in [3.63, 3.8) is 0 Å². The lowest BCUT2D eigenvalue weighted by Crippen LogP contribution is -2.30. The van der Waals surface area contributed by atoms with Crippen molar-refractivity contribution in [3.05, 3.63) is 16.6 Å². The molecule has 0 saturated carbocycles. The Bertz CT molecular complexity index is 244. The van der Waals surface area contributed by atoms with E-state index >= 15 is 0 Å². The molecule has 1 rings (SSSR count). The van der Waals surface area contributed by atoms with Gasteiger partial charge in [-0.2, -0.15) is 0 Å². The van der Waals surface area contributed by atoms with Crippen LogP contribution in [0, 0.1) is 5.92 Å². The van der Waals surface area contributed by atoms with Gasteiger partial charge in [0.2, 0.25) is 0 Å². The zero-order chi connectivity index (χ0) is 11.1. The summed E-state index contributed by atoms with van der Waals surface area (Å²) in [6, 6.07) is 0.652.